The minimum absolute atomic E-state index is 0.00421. The molecule has 36 heavy (non-hydrogen) atoms. The molecule has 0 bridgehead atoms. The molecule has 2 aliphatic heterocycles. The lowest BCUT2D eigenvalue weighted by Crippen LogP contribution is -2.41. The lowest BCUT2D eigenvalue weighted by molar-refractivity contribution is -0.137. The maximum atomic E-state index is 12.9. The SMILES string of the molecule is O=C(Nc1cccc(C(F)(F)F)c1)O[C@@H]1CO[C@H]2[C@H]1OC[C@H]2NCc1ccc(-c2ccccc2)cc1. The molecule has 2 saturated heterocycles. The minimum atomic E-state index is -4.50. The van der Waals surface area contributed by atoms with Gasteiger partial charge in [0.15, 0.2) is 6.10 Å². The fourth-order valence-electron chi connectivity index (χ4n) is 4.49. The van der Waals surface area contributed by atoms with Gasteiger partial charge in [-0.25, -0.2) is 4.79 Å². The summed E-state index contributed by atoms with van der Waals surface area (Å²) in [6, 6.07) is 22.7. The van der Waals surface area contributed by atoms with E-state index in [0.29, 0.717) is 13.2 Å². The second-order valence-electron chi connectivity index (χ2n) is 8.79. The van der Waals surface area contributed by atoms with Crippen LogP contribution in [0.2, 0.25) is 0 Å². The minimum Gasteiger partial charge on any atom is -0.441 e. The van der Waals surface area contributed by atoms with Gasteiger partial charge in [-0.1, -0.05) is 60.7 Å². The zero-order chi connectivity index (χ0) is 25.1. The Bertz CT molecular complexity index is 1190. The van der Waals surface area contributed by atoms with E-state index in [0.717, 1.165) is 28.8 Å². The first kappa shape index (κ1) is 24.3. The molecule has 2 fully saturated rings. The van der Waals surface area contributed by atoms with Gasteiger partial charge in [0.25, 0.3) is 0 Å². The van der Waals surface area contributed by atoms with E-state index in [9.17, 15) is 18.0 Å². The molecule has 9 heteroatoms. The Kier molecular flexibility index (Phi) is 6.95. The zero-order valence-corrected chi connectivity index (χ0v) is 19.2. The molecule has 3 aromatic carbocycles. The van der Waals surface area contributed by atoms with Crippen LogP contribution in [0.3, 0.4) is 0 Å². The van der Waals surface area contributed by atoms with Crippen molar-refractivity contribution in [2.45, 2.75) is 37.1 Å². The lowest BCUT2D eigenvalue weighted by atomic mass is 10.0. The largest absolute Gasteiger partial charge is 0.441 e. The number of benzene rings is 3. The summed E-state index contributed by atoms with van der Waals surface area (Å²) in [4.78, 5) is 12.3. The predicted octanol–water partition coefficient (Wildman–Crippen LogP) is 5.25. The van der Waals surface area contributed by atoms with E-state index in [1.54, 1.807) is 0 Å². The number of hydrogen-bond donors (Lipinski definition) is 2. The highest BCUT2D eigenvalue weighted by Gasteiger charge is 2.49. The first-order valence-electron chi connectivity index (χ1n) is 11.6. The number of amides is 1. The van der Waals surface area contributed by atoms with Crippen LogP contribution >= 0.6 is 0 Å². The van der Waals surface area contributed by atoms with Crippen molar-refractivity contribution < 1.29 is 32.2 Å². The molecule has 1 amide bonds. The summed E-state index contributed by atoms with van der Waals surface area (Å²) in [5.74, 6) is 0. The average Bonchev–Trinajstić information content (AvgIpc) is 3.46. The molecule has 2 aliphatic rings. The summed E-state index contributed by atoms with van der Waals surface area (Å²) in [6.45, 7) is 1.17. The molecule has 0 unspecified atom stereocenters. The highest BCUT2D eigenvalue weighted by atomic mass is 19.4. The molecule has 2 N–H and O–H groups in total. The Morgan fingerprint density at radius 2 is 1.61 bits per heavy atom. The number of fused-ring (bicyclic) bond motifs is 1. The monoisotopic (exact) mass is 498 g/mol. The Balaban J connectivity index is 1.12. The Hall–Kier alpha value is -3.40. The molecule has 2 heterocycles. The third kappa shape index (κ3) is 5.53. The van der Waals surface area contributed by atoms with Gasteiger partial charge in [0, 0.05) is 12.2 Å². The van der Waals surface area contributed by atoms with Crippen LogP contribution in [0, 0.1) is 0 Å². The van der Waals surface area contributed by atoms with Gasteiger partial charge in [-0.15, -0.1) is 0 Å². The van der Waals surface area contributed by atoms with Crippen molar-refractivity contribution in [1.29, 1.82) is 0 Å². The van der Waals surface area contributed by atoms with E-state index in [2.05, 4.69) is 47.0 Å². The Morgan fingerprint density at radius 3 is 2.36 bits per heavy atom. The maximum Gasteiger partial charge on any atom is 0.416 e. The first-order valence-corrected chi connectivity index (χ1v) is 11.6. The van der Waals surface area contributed by atoms with Crippen LogP contribution in [0.5, 0.6) is 0 Å². The van der Waals surface area contributed by atoms with Crippen LogP contribution in [0.4, 0.5) is 23.7 Å². The van der Waals surface area contributed by atoms with Crippen molar-refractivity contribution in [3.8, 4) is 11.1 Å². The number of ether oxygens (including phenoxy) is 3. The second-order valence-corrected chi connectivity index (χ2v) is 8.79. The molecule has 3 aromatic rings. The smallest absolute Gasteiger partial charge is 0.416 e. The van der Waals surface area contributed by atoms with Gasteiger partial charge in [0.2, 0.25) is 0 Å². The number of halogens is 3. The fourth-order valence-corrected chi connectivity index (χ4v) is 4.49. The van der Waals surface area contributed by atoms with Crippen LogP contribution in [-0.2, 0) is 26.9 Å². The van der Waals surface area contributed by atoms with Crippen molar-refractivity contribution >= 4 is 11.8 Å². The number of alkyl halides is 3. The number of hydrogen-bond acceptors (Lipinski definition) is 5. The van der Waals surface area contributed by atoms with Crippen molar-refractivity contribution in [2.24, 2.45) is 0 Å². The van der Waals surface area contributed by atoms with Gasteiger partial charge in [-0.3, -0.25) is 5.32 Å². The number of anilines is 1. The molecule has 0 spiro atoms. The van der Waals surface area contributed by atoms with Gasteiger partial charge < -0.3 is 19.5 Å². The quantitative estimate of drug-likeness (QED) is 0.486. The normalized spacial score (nSPS) is 23.3. The zero-order valence-electron chi connectivity index (χ0n) is 19.2. The maximum absolute atomic E-state index is 12.9. The summed E-state index contributed by atoms with van der Waals surface area (Å²) >= 11 is 0. The number of carbonyl (C=O) groups excluding carboxylic acids is 1. The highest BCUT2D eigenvalue weighted by Crippen LogP contribution is 2.32. The first-order chi connectivity index (χ1) is 17.4. The van der Waals surface area contributed by atoms with Crippen LogP contribution in [0.1, 0.15) is 11.1 Å². The molecule has 0 aromatic heterocycles. The standard InChI is InChI=1S/C27H25F3N2O4/c28-27(29,30)20-7-4-8-21(13-20)32-26(33)36-23-16-35-24-22(15-34-25(23)24)31-14-17-9-11-19(12-10-17)18-5-2-1-3-6-18/h1-13,22-25,31H,14-16H2,(H,32,33)/t22-,23-,24-,25+/m1/s1. The molecular weight excluding hydrogens is 473 g/mol. The van der Waals surface area contributed by atoms with Crippen LogP contribution in [0.25, 0.3) is 11.1 Å². The average molecular weight is 499 g/mol. The van der Waals surface area contributed by atoms with Gasteiger partial charge >= 0.3 is 12.3 Å². The van der Waals surface area contributed by atoms with Gasteiger partial charge in [-0.05, 0) is 34.9 Å². The summed E-state index contributed by atoms with van der Waals surface area (Å²) in [6.07, 6.45) is -6.76. The van der Waals surface area contributed by atoms with E-state index in [-0.39, 0.29) is 24.4 Å². The topological polar surface area (TPSA) is 68.8 Å². The fraction of sp³-hybridized carbons (Fsp3) is 0.296. The molecule has 188 valence electrons. The Labute approximate surface area is 206 Å². The van der Waals surface area contributed by atoms with Crippen molar-refractivity contribution in [1.82, 2.24) is 5.32 Å². The van der Waals surface area contributed by atoms with E-state index in [1.165, 1.54) is 12.1 Å². The number of carbonyl (C=O) groups is 1. The third-order valence-corrected chi connectivity index (χ3v) is 6.33. The molecule has 5 rings (SSSR count). The van der Waals surface area contributed by atoms with Crippen LogP contribution < -0.4 is 10.6 Å². The van der Waals surface area contributed by atoms with Gasteiger partial charge in [-0.2, -0.15) is 13.2 Å². The van der Waals surface area contributed by atoms with Gasteiger partial charge in [0.1, 0.15) is 12.2 Å². The van der Waals surface area contributed by atoms with E-state index < -0.39 is 30.0 Å². The van der Waals surface area contributed by atoms with Gasteiger partial charge in [0.05, 0.1) is 24.8 Å². The lowest BCUT2D eigenvalue weighted by Gasteiger charge is -2.18. The van der Waals surface area contributed by atoms with Crippen molar-refractivity contribution in [3.05, 3.63) is 90.0 Å². The number of nitrogens with one attached hydrogen (secondary N) is 2. The third-order valence-electron chi connectivity index (χ3n) is 6.33. The molecule has 0 aliphatic carbocycles. The molecule has 4 atom stereocenters. The molecule has 0 saturated carbocycles. The summed E-state index contributed by atoms with van der Waals surface area (Å²) in [7, 11) is 0. The molecular formula is C27H25F3N2O4. The van der Waals surface area contributed by atoms with Crippen LogP contribution in [-0.4, -0.2) is 43.7 Å². The van der Waals surface area contributed by atoms with E-state index in [4.69, 9.17) is 14.2 Å². The van der Waals surface area contributed by atoms with Crippen molar-refractivity contribution in [2.75, 3.05) is 18.5 Å². The van der Waals surface area contributed by atoms with E-state index >= 15 is 0 Å². The Morgan fingerprint density at radius 1 is 0.889 bits per heavy atom. The summed E-state index contributed by atoms with van der Waals surface area (Å²) < 4.78 is 55.8. The summed E-state index contributed by atoms with van der Waals surface area (Å²) in [5, 5.41) is 5.80. The predicted molar refractivity (Wildman–Crippen MR) is 127 cm³/mol. The second kappa shape index (κ2) is 10.3. The van der Waals surface area contributed by atoms with E-state index in [1.807, 2.05) is 18.2 Å². The number of rotatable bonds is 6. The summed E-state index contributed by atoms with van der Waals surface area (Å²) in [5.41, 5.74) is 2.56. The van der Waals surface area contributed by atoms with Crippen LogP contribution in [0.15, 0.2) is 78.9 Å². The molecule has 6 nitrogen and oxygen atoms in total. The van der Waals surface area contributed by atoms with Crippen molar-refractivity contribution in [3.63, 3.8) is 0 Å². The highest BCUT2D eigenvalue weighted by molar-refractivity contribution is 5.84. The molecule has 0 radical (unpaired) electrons.